The topological polar surface area (TPSA) is 158 Å². The Kier molecular flexibility index (Phi) is 16.0. The molecule has 322 valence electrons. The molecule has 3 aliphatic heterocycles. The standard InChI is InChI=1S/C44H67N5O8S/c1-25(2)37-42(54)49-19-13-14-34(49)43(55)57-36(44(7,8)9)21-26(3)20-35(50)28(5)39-45-31(24-58-39)22-27(4)38(51)46-33(23-30-15-17-32(56-12)18-16-30)41(53)47(10)29(6)40(52)48(37)11/h15-18,22,25-26,28-29,31,33-37,50H,13-14,19-21,23-24H2,1-12H3,(H,46,51)/b27-22+/t26-,28-,29-,31-,33-,34-,35-,36-,37?/m0/s1. The van der Waals surface area contributed by atoms with Crippen molar-refractivity contribution in [1.82, 2.24) is 20.0 Å². The normalized spacial score (nSPS) is 31.5. The van der Waals surface area contributed by atoms with Crippen LogP contribution in [-0.4, -0.2) is 130 Å². The van der Waals surface area contributed by atoms with E-state index in [1.807, 2.05) is 60.6 Å². The number of nitrogens with zero attached hydrogens (tertiary/aromatic N) is 4. The number of cyclic esters (lactones) is 1. The highest BCUT2D eigenvalue weighted by Crippen LogP contribution is 2.34. The van der Waals surface area contributed by atoms with E-state index in [9.17, 15) is 29.1 Å². The van der Waals surface area contributed by atoms with Gasteiger partial charge in [0.25, 0.3) is 0 Å². The minimum atomic E-state index is -1.03. The second kappa shape index (κ2) is 19.9. The van der Waals surface area contributed by atoms with Gasteiger partial charge in [-0.25, -0.2) is 4.79 Å². The molecule has 0 aliphatic carbocycles. The van der Waals surface area contributed by atoms with Crippen LogP contribution in [-0.2, 0) is 35.1 Å². The Balaban J connectivity index is 1.72. The first-order valence-corrected chi connectivity index (χ1v) is 21.7. The van der Waals surface area contributed by atoms with Crippen molar-refractivity contribution in [3.8, 4) is 5.75 Å². The average molecular weight is 826 g/mol. The van der Waals surface area contributed by atoms with E-state index in [0.717, 1.165) is 10.6 Å². The van der Waals surface area contributed by atoms with E-state index in [1.54, 1.807) is 62.9 Å². The molecule has 2 bridgehead atoms. The van der Waals surface area contributed by atoms with E-state index < -0.39 is 65.5 Å². The monoisotopic (exact) mass is 825 g/mol. The number of esters is 1. The van der Waals surface area contributed by atoms with Crippen LogP contribution < -0.4 is 10.1 Å². The van der Waals surface area contributed by atoms with Gasteiger partial charge in [-0.3, -0.25) is 24.2 Å². The van der Waals surface area contributed by atoms with Gasteiger partial charge in [-0.05, 0) is 74.5 Å². The van der Waals surface area contributed by atoms with Gasteiger partial charge in [-0.2, -0.15) is 0 Å². The molecule has 4 rings (SSSR count). The Morgan fingerprint density at radius 1 is 0.983 bits per heavy atom. The van der Waals surface area contributed by atoms with Crippen molar-refractivity contribution < 1.29 is 38.6 Å². The first-order chi connectivity index (χ1) is 27.1. The summed E-state index contributed by atoms with van der Waals surface area (Å²) in [5.74, 6) is -1.50. The van der Waals surface area contributed by atoms with Crippen molar-refractivity contribution in [1.29, 1.82) is 0 Å². The third-order valence-electron chi connectivity index (χ3n) is 11.9. The van der Waals surface area contributed by atoms with Gasteiger partial charge >= 0.3 is 5.97 Å². The Morgan fingerprint density at radius 3 is 2.24 bits per heavy atom. The number of aliphatic hydroxyl groups is 1. The lowest BCUT2D eigenvalue weighted by Crippen LogP contribution is -2.59. The summed E-state index contributed by atoms with van der Waals surface area (Å²) in [7, 11) is 4.64. The molecule has 1 aromatic carbocycles. The maximum absolute atomic E-state index is 14.4. The minimum absolute atomic E-state index is 0.00224. The molecule has 1 unspecified atom stereocenters. The molecule has 0 aromatic heterocycles. The van der Waals surface area contributed by atoms with Crippen molar-refractivity contribution in [2.75, 3.05) is 33.5 Å². The van der Waals surface area contributed by atoms with Gasteiger partial charge in [0.05, 0.1) is 24.3 Å². The Labute approximate surface area is 349 Å². The number of hydrogen-bond acceptors (Lipinski definition) is 10. The van der Waals surface area contributed by atoms with Gasteiger partial charge in [0.1, 0.15) is 36.0 Å². The van der Waals surface area contributed by atoms with Crippen LogP contribution in [0.15, 0.2) is 40.9 Å². The van der Waals surface area contributed by atoms with Crippen LogP contribution in [0.1, 0.15) is 93.6 Å². The molecule has 3 aliphatic rings. The fourth-order valence-electron chi connectivity index (χ4n) is 7.99. The van der Waals surface area contributed by atoms with Gasteiger partial charge in [0.15, 0.2) is 0 Å². The van der Waals surface area contributed by atoms with Crippen molar-refractivity contribution >= 4 is 46.4 Å². The third-order valence-corrected chi connectivity index (χ3v) is 13.2. The molecule has 4 amide bonds. The zero-order valence-corrected chi connectivity index (χ0v) is 37.4. The van der Waals surface area contributed by atoms with Crippen LogP contribution >= 0.6 is 11.8 Å². The number of aliphatic hydroxyl groups excluding tert-OH is 1. The van der Waals surface area contributed by atoms with Gasteiger partial charge in [-0.15, -0.1) is 11.8 Å². The number of nitrogens with one attached hydrogen (secondary N) is 1. The molecule has 0 radical (unpaired) electrons. The maximum Gasteiger partial charge on any atom is 0.329 e. The van der Waals surface area contributed by atoms with Crippen molar-refractivity contribution in [2.45, 2.75) is 137 Å². The van der Waals surface area contributed by atoms with E-state index in [4.69, 9.17) is 14.5 Å². The van der Waals surface area contributed by atoms with E-state index in [-0.39, 0.29) is 36.1 Å². The Hall–Kier alpha value is -3.91. The summed E-state index contributed by atoms with van der Waals surface area (Å²) >= 11 is 1.56. The number of likely N-dealkylation sites (N-methyl/N-ethyl adjacent to an activating group) is 2. The van der Waals surface area contributed by atoms with Crippen LogP contribution in [0.4, 0.5) is 0 Å². The molecule has 0 spiro atoms. The van der Waals surface area contributed by atoms with E-state index in [2.05, 4.69) is 5.32 Å². The van der Waals surface area contributed by atoms with Gasteiger partial charge in [0.2, 0.25) is 23.6 Å². The zero-order chi connectivity index (χ0) is 43.2. The lowest BCUT2D eigenvalue weighted by atomic mass is 9.81. The van der Waals surface area contributed by atoms with E-state index in [0.29, 0.717) is 49.3 Å². The summed E-state index contributed by atoms with van der Waals surface area (Å²) in [6.07, 6.45) is 2.81. The number of hydrogen-bond donors (Lipinski definition) is 2. The highest BCUT2D eigenvalue weighted by atomic mass is 32.2. The summed E-state index contributed by atoms with van der Waals surface area (Å²) in [6, 6.07) is 3.16. The predicted octanol–water partition coefficient (Wildman–Crippen LogP) is 4.89. The Bertz CT molecular complexity index is 1710. The maximum atomic E-state index is 14.4. The van der Waals surface area contributed by atoms with Gasteiger partial charge in [-0.1, -0.05) is 66.7 Å². The summed E-state index contributed by atoms with van der Waals surface area (Å²) in [5, 5.41) is 15.1. The fourth-order valence-corrected chi connectivity index (χ4v) is 9.14. The lowest BCUT2D eigenvalue weighted by Gasteiger charge is -2.38. The number of fused-ring (bicyclic) bond motifs is 2. The molecular formula is C44H67N5O8S. The third kappa shape index (κ3) is 11.4. The molecule has 13 nitrogen and oxygen atoms in total. The lowest BCUT2D eigenvalue weighted by molar-refractivity contribution is -0.166. The number of ether oxygens (including phenoxy) is 2. The number of carbonyl (C=O) groups excluding carboxylic acids is 5. The quantitative estimate of drug-likeness (QED) is 0.404. The summed E-state index contributed by atoms with van der Waals surface area (Å²) in [4.78, 5) is 79.9. The number of benzene rings is 1. The number of aliphatic imine (C=N–C) groups is 1. The van der Waals surface area contributed by atoms with E-state index >= 15 is 0 Å². The summed E-state index contributed by atoms with van der Waals surface area (Å²) in [5.41, 5.74) is 0.756. The number of thioether (sulfide) groups is 1. The largest absolute Gasteiger partial charge is 0.497 e. The molecule has 0 saturated carbocycles. The summed E-state index contributed by atoms with van der Waals surface area (Å²) in [6.45, 7) is 17.4. The number of amides is 4. The highest BCUT2D eigenvalue weighted by Gasteiger charge is 2.44. The molecule has 9 atom stereocenters. The number of methoxy groups -OCH3 is 1. The molecule has 58 heavy (non-hydrogen) atoms. The van der Waals surface area contributed by atoms with Crippen LogP contribution in [0, 0.1) is 23.2 Å². The van der Waals surface area contributed by atoms with Crippen molar-refractivity contribution in [3.63, 3.8) is 0 Å². The Morgan fingerprint density at radius 2 is 1.64 bits per heavy atom. The molecular weight excluding hydrogens is 759 g/mol. The van der Waals surface area contributed by atoms with Crippen molar-refractivity contribution in [2.24, 2.45) is 28.2 Å². The molecule has 14 heteroatoms. The molecule has 3 heterocycles. The minimum Gasteiger partial charge on any atom is -0.497 e. The zero-order valence-electron chi connectivity index (χ0n) is 36.6. The van der Waals surface area contributed by atoms with Crippen LogP contribution in [0.3, 0.4) is 0 Å². The van der Waals surface area contributed by atoms with Crippen LogP contribution in [0.2, 0.25) is 0 Å². The first kappa shape index (κ1) is 46.8. The highest BCUT2D eigenvalue weighted by molar-refractivity contribution is 8.14. The first-order valence-electron chi connectivity index (χ1n) is 20.7. The predicted molar refractivity (Wildman–Crippen MR) is 227 cm³/mol. The molecule has 1 saturated heterocycles. The van der Waals surface area contributed by atoms with Gasteiger partial charge in [0, 0.05) is 44.3 Å². The van der Waals surface area contributed by atoms with Crippen LogP contribution in [0.25, 0.3) is 0 Å². The SMILES string of the molecule is COc1ccc(C[C@@H]2NC(=O)/C(C)=C/[C@H]3CSC(=N3)[C@@H](C)[C@@H](O)C[C@H](C)C[C@@H](C(C)(C)C)OC(=O)[C@@H]3CCCN3C(=O)C(C(C)C)N(C)C(=O)[C@H](C)N(C)C2=O)cc1. The smallest absolute Gasteiger partial charge is 0.329 e. The molecule has 1 fully saturated rings. The van der Waals surface area contributed by atoms with Crippen LogP contribution in [0.5, 0.6) is 5.75 Å². The average Bonchev–Trinajstić information content (AvgIpc) is 3.86. The second-order valence-electron chi connectivity index (χ2n) is 18.0. The number of rotatable bonds is 4. The second-order valence-corrected chi connectivity index (χ2v) is 19.0. The summed E-state index contributed by atoms with van der Waals surface area (Å²) < 4.78 is 11.6. The fraction of sp³-hybridized carbons (Fsp3) is 0.682. The molecule has 2 N–H and O–H groups in total. The number of carbonyl (C=O) groups is 5. The van der Waals surface area contributed by atoms with Crippen molar-refractivity contribution in [3.05, 3.63) is 41.5 Å². The molecule has 1 aromatic rings. The van der Waals surface area contributed by atoms with Gasteiger partial charge < -0.3 is 34.6 Å². The van der Waals surface area contributed by atoms with E-state index in [1.165, 1.54) is 16.8 Å².